The van der Waals surface area contributed by atoms with Gasteiger partial charge in [0.1, 0.15) is 0 Å². The van der Waals surface area contributed by atoms with E-state index in [1.165, 1.54) is 0 Å². The predicted molar refractivity (Wildman–Crippen MR) is 64.3 cm³/mol. The van der Waals surface area contributed by atoms with Crippen LogP contribution in [0, 0.1) is 12.3 Å². The van der Waals surface area contributed by atoms with Crippen LogP contribution in [0.5, 0.6) is 0 Å². The molecule has 7 heteroatoms. The summed E-state index contributed by atoms with van der Waals surface area (Å²) in [5, 5.41) is 4.43. The average Bonchev–Trinajstić information content (AvgIpc) is 2.27. The van der Waals surface area contributed by atoms with Crippen molar-refractivity contribution in [1.82, 2.24) is 10.3 Å². The number of urea groups is 1. The zero-order chi connectivity index (χ0) is 14.7. The number of alkyl halides is 3. The van der Waals surface area contributed by atoms with Gasteiger partial charge < -0.3 is 10.6 Å². The summed E-state index contributed by atoms with van der Waals surface area (Å²) in [6.07, 6.45) is 2.51. The van der Waals surface area contributed by atoms with E-state index in [0.717, 1.165) is 18.5 Å². The monoisotopic (exact) mass is 271 g/mol. The summed E-state index contributed by atoms with van der Waals surface area (Å²) in [6.45, 7) is 3.08. The van der Waals surface area contributed by atoms with Gasteiger partial charge in [-0.15, -0.1) is 6.42 Å². The van der Waals surface area contributed by atoms with E-state index in [0.29, 0.717) is 0 Å². The van der Waals surface area contributed by atoms with Gasteiger partial charge >= 0.3 is 12.2 Å². The number of rotatable bonds is 2. The molecule has 0 aromatic carbocycles. The van der Waals surface area contributed by atoms with Crippen molar-refractivity contribution < 1.29 is 18.0 Å². The van der Waals surface area contributed by atoms with E-state index in [4.69, 9.17) is 6.42 Å². The van der Waals surface area contributed by atoms with Gasteiger partial charge in [0.15, 0.2) is 0 Å². The molecule has 0 bridgehead atoms. The van der Waals surface area contributed by atoms with Gasteiger partial charge in [0, 0.05) is 6.20 Å². The third kappa shape index (κ3) is 4.17. The first-order chi connectivity index (χ1) is 8.65. The van der Waals surface area contributed by atoms with Crippen LogP contribution in [0.15, 0.2) is 18.5 Å². The van der Waals surface area contributed by atoms with Crippen LogP contribution in [0.4, 0.5) is 23.7 Å². The first kappa shape index (κ1) is 14.8. The van der Waals surface area contributed by atoms with Crippen LogP contribution in [-0.2, 0) is 6.18 Å². The number of hydrogen-bond acceptors (Lipinski definition) is 2. The molecule has 0 atom stereocenters. The molecule has 2 amide bonds. The second-order valence-electron chi connectivity index (χ2n) is 4.27. The Bertz CT molecular complexity index is 518. The van der Waals surface area contributed by atoms with E-state index in [9.17, 15) is 18.0 Å². The lowest BCUT2D eigenvalue weighted by Gasteiger charge is -2.20. The number of nitrogens with one attached hydrogen (secondary N) is 2. The van der Waals surface area contributed by atoms with E-state index in [1.54, 1.807) is 13.8 Å². The molecular formula is C12H12F3N3O. The Balaban J connectivity index is 2.90. The van der Waals surface area contributed by atoms with Crippen molar-refractivity contribution in [3.8, 4) is 12.3 Å². The first-order valence-corrected chi connectivity index (χ1v) is 5.24. The predicted octanol–water partition coefficient (Wildman–Crippen LogP) is 2.63. The molecule has 0 saturated carbocycles. The molecule has 0 saturated heterocycles. The lowest BCUT2D eigenvalue weighted by Crippen LogP contribution is -2.44. The van der Waals surface area contributed by atoms with Crippen LogP contribution in [0.2, 0.25) is 0 Å². The summed E-state index contributed by atoms with van der Waals surface area (Å²) >= 11 is 0. The molecule has 1 rings (SSSR count). The van der Waals surface area contributed by atoms with Gasteiger partial charge in [-0.1, -0.05) is 5.92 Å². The number of terminal acetylenes is 1. The zero-order valence-electron chi connectivity index (χ0n) is 10.3. The van der Waals surface area contributed by atoms with E-state index < -0.39 is 29.0 Å². The summed E-state index contributed by atoms with van der Waals surface area (Å²) in [4.78, 5) is 15.1. The fourth-order valence-corrected chi connectivity index (χ4v) is 1.21. The minimum absolute atomic E-state index is 0.430. The number of halogens is 3. The maximum atomic E-state index is 12.7. The van der Waals surface area contributed by atoms with Gasteiger partial charge in [-0.3, -0.25) is 4.98 Å². The fourth-order valence-electron chi connectivity index (χ4n) is 1.21. The highest BCUT2D eigenvalue weighted by Crippen LogP contribution is 2.33. The molecule has 0 radical (unpaired) electrons. The normalized spacial score (nSPS) is 11.6. The number of hydrogen-bond donors (Lipinski definition) is 2. The summed E-state index contributed by atoms with van der Waals surface area (Å²) in [5.74, 6) is 2.29. The van der Waals surface area contributed by atoms with Gasteiger partial charge in [-0.25, -0.2) is 4.79 Å². The molecule has 102 valence electrons. The van der Waals surface area contributed by atoms with E-state index in [-0.39, 0.29) is 0 Å². The second-order valence-corrected chi connectivity index (χ2v) is 4.27. The highest BCUT2D eigenvalue weighted by atomic mass is 19.4. The Morgan fingerprint density at radius 2 is 2.05 bits per heavy atom. The Morgan fingerprint density at radius 3 is 2.58 bits per heavy atom. The van der Waals surface area contributed by atoms with E-state index in [1.807, 2.05) is 0 Å². The van der Waals surface area contributed by atoms with Crippen molar-refractivity contribution in [3.05, 3.63) is 24.0 Å². The van der Waals surface area contributed by atoms with Crippen molar-refractivity contribution in [3.63, 3.8) is 0 Å². The molecule has 1 heterocycles. The summed E-state index contributed by atoms with van der Waals surface area (Å²) in [7, 11) is 0. The van der Waals surface area contributed by atoms with Crippen molar-refractivity contribution in [1.29, 1.82) is 0 Å². The van der Waals surface area contributed by atoms with Gasteiger partial charge in [0.25, 0.3) is 0 Å². The summed E-state index contributed by atoms with van der Waals surface area (Å²) in [6, 6.07) is -0.0523. The molecule has 0 aliphatic rings. The highest BCUT2D eigenvalue weighted by molar-refractivity contribution is 5.90. The maximum absolute atomic E-state index is 12.7. The summed E-state index contributed by atoms with van der Waals surface area (Å²) < 4.78 is 38.0. The molecule has 0 unspecified atom stereocenters. The van der Waals surface area contributed by atoms with Gasteiger partial charge in [0.05, 0.1) is 23.0 Å². The molecule has 0 aliphatic heterocycles. The number of aromatic nitrogens is 1. The fraction of sp³-hybridized carbons (Fsp3) is 0.333. The van der Waals surface area contributed by atoms with Crippen molar-refractivity contribution in [2.45, 2.75) is 25.6 Å². The maximum Gasteiger partial charge on any atom is 0.418 e. The number of pyridine rings is 1. The number of anilines is 1. The Hall–Kier alpha value is -2.23. The molecule has 4 nitrogen and oxygen atoms in total. The lowest BCUT2D eigenvalue weighted by atomic mass is 10.1. The van der Waals surface area contributed by atoms with E-state index >= 15 is 0 Å². The number of carbonyl (C=O) groups is 1. The topological polar surface area (TPSA) is 54.0 Å². The highest BCUT2D eigenvalue weighted by Gasteiger charge is 2.34. The van der Waals surface area contributed by atoms with Crippen LogP contribution in [0.25, 0.3) is 0 Å². The van der Waals surface area contributed by atoms with Crippen LogP contribution in [0.3, 0.4) is 0 Å². The Labute approximate surface area is 108 Å². The van der Waals surface area contributed by atoms with Crippen LogP contribution in [-0.4, -0.2) is 16.6 Å². The molecule has 1 aromatic rings. The van der Waals surface area contributed by atoms with Crippen molar-refractivity contribution in [2.75, 3.05) is 5.32 Å². The molecular weight excluding hydrogens is 259 g/mol. The van der Waals surface area contributed by atoms with Gasteiger partial charge in [-0.05, 0) is 19.9 Å². The van der Waals surface area contributed by atoms with Crippen molar-refractivity contribution >= 4 is 11.7 Å². The quantitative estimate of drug-likeness (QED) is 0.812. The molecule has 19 heavy (non-hydrogen) atoms. The smallest absolute Gasteiger partial charge is 0.322 e. The largest absolute Gasteiger partial charge is 0.418 e. The van der Waals surface area contributed by atoms with E-state index in [2.05, 4.69) is 21.5 Å². The minimum atomic E-state index is -4.58. The number of nitrogens with zero attached hydrogens (tertiary/aromatic N) is 1. The third-order valence-electron chi connectivity index (χ3n) is 2.16. The van der Waals surface area contributed by atoms with Crippen LogP contribution < -0.4 is 10.6 Å². The second kappa shape index (κ2) is 5.18. The minimum Gasteiger partial charge on any atom is -0.322 e. The standard InChI is InChI=1S/C12H12F3N3O/c1-4-11(2,3)18-10(19)17-9-7-16-6-5-8(9)12(13,14)15/h1,5-7H,2-3H3,(H2,17,18,19). The molecule has 1 aromatic heterocycles. The molecule has 0 fully saturated rings. The van der Waals surface area contributed by atoms with Gasteiger partial charge in [-0.2, -0.15) is 13.2 Å². The van der Waals surface area contributed by atoms with Crippen LogP contribution in [0.1, 0.15) is 19.4 Å². The van der Waals surface area contributed by atoms with Gasteiger partial charge in [0.2, 0.25) is 0 Å². The third-order valence-corrected chi connectivity index (χ3v) is 2.16. The zero-order valence-corrected chi connectivity index (χ0v) is 10.3. The SMILES string of the molecule is C#CC(C)(C)NC(=O)Nc1cnccc1C(F)(F)F. The number of amides is 2. The summed E-state index contributed by atoms with van der Waals surface area (Å²) in [5.41, 5.74) is -2.37. The first-order valence-electron chi connectivity index (χ1n) is 5.24. The molecule has 0 spiro atoms. The Kier molecular flexibility index (Phi) is 4.04. The molecule has 2 N–H and O–H groups in total. The van der Waals surface area contributed by atoms with Crippen molar-refractivity contribution in [2.24, 2.45) is 0 Å². The number of carbonyl (C=O) groups excluding carboxylic acids is 1. The molecule has 0 aliphatic carbocycles. The lowest BCUT2D eigenvalue weighted by molar-refractivity contribution is -0.137. The average molecular weight is 271 g/mol. The van der Waals surface area contributed by atoms with Crippen LogP contribution >= 0.6 is 0 Å². The Morgan fingerprint density at radius 1 is 1.42 bits per heavy atom.